The van der Waals surface area contributed by atoms with Crippen LogP contribution in [0.15, 0.2) is 36.7 Å². The summed E-state index contributed by atoms with van der Waals surface area (Å²) in [6.45, 7) is 4.33. The molecule has 0 fully saturated rings. The Bertz CT molecular complexity index is 522. The first kappa shape index (κ1) is 9.71. The van der Waals surface area contributed by atoms with Gasteiger partial charge in [0.1, 0.15) is 0 Å². The van der Waals surface area contributed by atoms with Gasteiger partial charge in [0.25, 0.3) is 0 Å². The average molecular weight is 211 g/mol. The normalized spacial score (nSPS) is 18.8. The minimum Gasteiger partial charge on any atom is -0.350 e. The number of aromatic nitrogens is 1. The Morgan fingerprint density at radius 3 is 2.56 bits per heavy atom. The molecule has 2 aromatic rings. The van der Waals surface area contributed by atoms with E-state index in [2.05, 4.69) is 55.1 Å². The molecule has 16 heavy (non-hydrogen) atoms. The Morgan fingerprint density at radius 1 is 1.00 bits per heavy atom. The molecule has 0 saturated carbocycles. The van der Waals surface area contributed by atoms with Crippen LogP contribution in [0.4, 0.5) is 0 Å². The van der Waals surface area contributed by atoms with E-state index in [1.165, 1.54) is 35.1 Å². The molecule has 0 amide bonds. The van der Waals surface area contributed by atoms with Crippen molar-refractivity contribution in [3.63, 3.8) is 0 Å². The van der Waals surface area contributed by atoms with Gasteiger partial charge in [-0.05, 0) is 49.4 Å². The first-order valence-corrected chi connectivity index (χ1v) is 5.95. The van der Waals surface area contributed by atoms with E-state index in [1.807, 2.05) is 0 Å². The van der Waals surface area contributed by atoms with Gasteiger partial charge in [-0.15, -0.1) is 0 Å². The smallest absolute Gasteiger partial charge is 0.0411 e. The summed E-state index contributed by atoms with van der Waals surface area (Å²) in [6.07, 6.45) is 6.83. The second-order valence-corrected chi connectivity index (χ2v) is 4.97. The molecule has 0 bridgehead atoms. The molecule has 1 unspecified atom stereocenters. The maximum absolute atomic E-state index is 2.37. The SMILES string of the molecule is Cc1ccc2c(c1)CC(n1ccc(C)c1)C2. The summed E-state index contributed by atoms with van der Waals surface area (Å²) in [7, 11) is 0. The molecule has 0 saturated heterocycles. The number of rotatable bonds is 1. The molecule has 0 N–H and O–H groups in total. The molecule has 1 aliphatic rings. The van der Waals surface area contributed by atoms with Crippen LogP contribution in [-0.4, -0.2) is 4.57 Å². The highest BCUT2D eigenvalue weighted by atomic mass is 15.0. The maximum Gasteiger partial charge on any atom is 0.0411 e. The zero-order valence-electron chi connectivity index (χ0n) is 9.90. The van der Waals surface area contributed by atoms with E-state index in [4.69, 9.17) is 0 Å². The summed E-state index contributed by atoms with van der Waals surface area (Å²) in [5.41, 5.74) is 5.80. The van der Waals surface area contributed by atoms with Gasteiger partial charge in [0, 0.05) is 18.4 Å². The summed E-state index contributed by atoms with van der Waals surface area (Å²) in [6, 6.07) is 9.67. The highest BCUT2D eigenvalue weighted by molar-refractivity contribution is 5.36. The van der Waals surface area contributed by atoms with E-state index in [0.29, 0.717) is 6.04 Å². The predicted octanol–water partition coefficient (Wildman–Crippen LogP) is 3.44. The predicted molar refractivity (Wildman–Crippen MR) is 66.8 cm³/mol. The van der Waals surface area contributed by atoms with E-state index in [9.17, 15) is 0 Å². The number of aryl methyl sites for hydroxylation is 2. The summed E-state index contributed by atoms with van der Waals surface area (Å²) < 4.78 is 2.37. The fourth-order valence-corrected chi connectivity index (χ4v) is 2.69. The van der Waals surface area contributed by atoms with Gasteiger partial charge in [-0.2, -0.15) is 0 Å². The second kappa shape index (κ2) is 3.51. The summed E-state index contributed by atoms with van der Waals surface area (Å²) >= 11 is 0. The lowest BCUT2D eigenvalue weighted by atomic mass is 10.1. The van der Waals surface area contributed by atoms with E-state index in [-0.39, 0.29) is 0 Å². The molecule has 3 rings (SSSR count). The van der Waals surface area contributed by atoms with E-state index < -0.39 is 0 Å². The molecule has 1 aromatic carbocycles. The topological polar surface area (TPSA) is 4.93 Å². The number of hydrogen-bond acceptors (Lipinski definition) is 0. The van der Waals surface area contributed by atoms with Gasteiger partial charge in [-0.25, -0.2) is 0 Å². The van der Waals surface area contributed by atoms with Crippen LogP contribution in [0, 0.1) is 13.8 Å². The average Bonchev–Trinajstić information content (AvgIpc) is 2.83. The van der Waals surface area contributed by atoms with E-state index >= 15 is 0 Å². The summed E-state index contributed by atoms with van der Waals surface area (Å²) in [5.74, 6) is 0. The van der Waals surface area contributed by atoms with Crippen LogP contribution < -0.4 is 0 Å². The Balaban J connectivity index is 1.90. The van der Waals surface area contributed by atoms with Gasteiger partial charge in [0.05, 0.1) is 0 Å². The van der Waals surface area contributed by atoms with Gasteiger partial charge in [0.2, 0.25) is 0 Å². The Hall–Kier alpha value is -1.50. The molecule has 82 valence electrons. The molecule has 0 spiro atoms. The first-order valence-electron chi connectivity index (χ1n) is 5.95. The third kappa shape index (κ3) is 1.57. The zero-order chi connectivity index (χ0) is 11.1. The lowest BCUT2D eigenvalue weighted by Gasteiger charge is -2.10. The number of hydrogen-bond donors (Lipinski definition) is 0. The molecular formula is C15H17N. The fourth-order valence-electron chi connectivity index (χ4n) is 2.69. The van der Waals surface area contributed by atoms with E-state index in [1.54, 1.807) is 0 Å². The van der Waals surface area contributed by atoms with Gasteiger partial charge in [-0.3, -0.25) is 0 Å². The van der Waals surface area contributed by atoms with Crippen LogP contribution in [0.25, 0.3) is 0 Å². The standard InChI is InChI=1S/C15H17N/c1-11-3-4-13-8-15(9-14(13)7-11)16-6-5-12(2)10-16/h3-7,10,15H,8-9H2,1-2H3. The molecule has 1 aliphatic carbocycles. The van der Waals surface area contributed by atoms with Crippen LogP contribution in [0.1, 0.15) is 28.3 Å². The Morgan fingerprint density at radius 2 is 1.81 bits per heavy atom. The lowest BCUT2D eigenvalue weighted by Crippen LogP contribution is -2.05. The van der Waals surface area contributed by atoms with Crippen LogP contribution in [0.5, 0.6) is 0 Å². The number of fused-ring (bicyclic) bond motifs is 1. The summed E-state index contributed by atoms with van der Waals surface area (Å²) in [4.78, 5) is 0. The van der Waals surface area contributed by atoms with Crippen molar-refractivity contribution in [1.29, 1.82) is 0 Å². The third-order valence-electron chi connectivity index (χ3n) is 3.56. The minimum absolute atomic E-state index is 0.630. The van der Waals surface area contributed by atoms with Crippen molar-refractivity contribution >= 4 is 0 Å². The second-order valence-electron chi connectivity index (χ2n) is 4.97. The van der Waals surface area contributed by atoms with Crippen LogP contribution in [-0.2, 0) is 12.8 Å². The fraction of sp³-hybridized carbons (Fsp3) is 0.333. The Labute approximate surface area is 96.7 Å². The van der Waals surface area contributed by atoms with Crippen LogP contribution in [0.3, 0.4) is 0 Å². The van der Waals surface area contributed by atoms with Gasteiger partial charge < -0.3 is 4.57 Å². The Kier molecular flexibility index (Phi) is 2.13. The van der Waals surface area contributed by atoms with Crippen molar-refractivity contribution < 1.29 is 0 Å². The number of benzene rings is 1. The van der Waals surface area contributed by atoms with Crippen LogP contribution in [0.2, 0.25) is 0 Å². The van der Waals surface area contributed by atoms with Crippen molar-refractivity contribution in [1.82, 2.24) is 4.57 Å². The molecule has 0 aliphatic heterocycles. The van der Waals surface area contributed by atoms with Gasteiger partial charge in [-0.1, -0.05) is 23.8 Å². The van der Waals surface area contributed by atoms with Crippen LogP contribution >= 0.6 is 0 Å². The monoisotopic (exact) mass is 211 g/mol. The van der Waals surface area contributed by atoms with Gasteiger partial charge in [0.15, 0.2) is 0 Å². The van der Waals surface area contributed by atoms with Crippen molar-refractivity contribution in [2.75, 3.05) is 0 Å². The van der Waals surface area contributed by atoms with Crippen molar-refractivity contribution in [3.8, 4) is 0 Å². The van der Waals surface area contributed by atoms with Crippen molar-refractivity contribution in [2.24, 2.45) is 0 Å². The summed E-state index contributed by atoms with van der Waals surface area (Å²) in [5, 5.41) is 0. The largest absolute Gasteiger partial charge is 0.350 e. The first-order chi connectivity index (χ1) is 7.72. The minimum atomic E-state index is 0.630. The molecule has 1 atom stereocenters. The quantitative estimate of drug-likeness (QED) is 0.681. The molecule has 1 aromatic heterocycles. The third-order valence-corrected chi connectivity index (χ3v) is 3.56. The molecule has 0 radical (unpaired) electrons. The molecule has 1 nitrogen and oxygen atoms in total. The van der Waals surface area contributed by atoms with E-state index in [0.717, 1.165) is 0 Å². The number of nitrogens with zero attached hydrogens (tertiary/aromatic N) is 1. The molecule has 1 heteroatoms. The lowest BCUT2D eigenvalue weighted by molar-refractivity contribution is 0.531. The van der Waals surface area contributed by atoms with Crippen molar-refractivity contribution in [2.45, 2.75) is 32.7 Å². The van der Waals surface area contributed by atoms with Gasteiger partial charge >= 0.3 is 0 Å². The highest BCUT2D eigenvalue weighted by Crippen LogP contribution is 2.31. The maximum atomic E-state index is 2.37. The zero-order valence-corrected chi connectivity index (χ0v) is 9.90. The highest BCUT2D eigenvalue weighted by Gasteiger charge is 2.22. The van der Waals surface area contributed by atoms with Crippen molar-refractivity contribution in [3.05, 3.63) is 58.9 Å². The molecule has 1 heterocycles. The molecular weight excluding hydrogens is 194 g/mol.